The van der Waals surface area contributed by atoms with Gasteiger partial charge >= 0.3 is 0 Å². The average molecular weight is 437 g/mol. The van der Waals surface area contributed by atoms with Crippen molar-refractivity contribution < 1.29 is 0 Å². The largest absolute Gasteiger partial charge is 0.303 e. The lowest BCUT2D eigenvalue weighted by molar-refractivity contribution is 0.0258. The van der Waals surface area contributed by atoms with Crippen molar-refractivity contribution in [2.45, 2.75) is 56.5 Å². The van der Waals surface area contributed by atoms with Gasteiger partial charge in [-0.3, -0.25) is 4.90 Å². The molecule has 2 fully saturated rings. The fraction of sp³-hybridized carbons (Fsp3) is 0.500. The highest BCUT2D eigenvalue weighted by molar-refractivity contribution is 6.30. The minimum atomic E-state index is 0.109. The summed E-state index contributed by atoms with van der Waals surface area (Å²) in [7, 11) is 2.31. The van der Waals surface area contributed by atoms with Gasteiger partial charge in [0.1, 0.15) is 0 Å². The van der Waals surface area contributed by atoms with Gasteiger partial charge < -0.3 is 4.90 Å². The Morgan fingerprint density at radius 1 is 1.00 bits per heavy atom. The fourth-order valence-electron chi connectivity index (χ4n) is 5.39. The maximum absolute atomic E-state index is 6.24. The predicted molar refractivity (Wildman–Crippen MR) is 133 cm³/mol. The van der Waals surface area contributed by atoms with Crippen LogP contribution in [0.1, 0.15) is 49.7 Å². The van der Waals surface area contributed by atoms with Crippen molar-refractivity contribution in [3.8, 4) is 0 Å². The summed E-state index contributed by atoms with van der Waals surface area (Å²) in [6, 6.07) is 20.2. The van der Waals surface area contributed by atoms with E-state index in [0.29, 0.717) is 6.04 Å². The van der Waals surface area contributed by atoms with Crippen LogP contribution in [-0.2, 0) is 12.0 Å². The molecule has 2 nitrogen and oxygen atoms in total. The highest BCUT2D eigenvalue weighted by Gasteiger charge is 2.43. The minimum Gasteiger partial charge on any atom is -0.303 e. The molecule has 0 saturated heterocycles. The summed E-state index contributed by atoms with van der Waals surface area (Å²) in [5.74, 6) is 0.871. The molecule has 166 valence electrons. The van der Waals surface area contributed by atoms with Gasteiger partial charge in [-0.15, -0.1) is 6.58 Å². The standard InChI is InChI=1S/C28H37ClN2/c1-3-20-31(22-24-9-10-24)28(25-11-13-26(29)14-12-25)18-15-27(16-19-28)30(2)21-17-23-7-5-4-6-8-23/h3-8,11-14,24,27H,1,9-10,15-22H2,2H3. The minimum absolute atomic E-state index is 0.109. The van der Waals surface area contributed by atoms with Crippen molar-refractivity contribution in [2.24, 2.45) is 5.92 Å². The molecule has 0 atom stereocenters. The third kappa shape index (κ3) is 5.61. The molecule has 0 bridgehead atoms. The second-order valence-corrected chi connectivity index (χ2v) is 10.1. The Bertz CT molecular complexity index is 820. The molecule has 31 heavy (non-hydrogen) atoms. The monoisotopic (exact) mass is 436 g/mol. The summed E-state index contributed by atoms with van der Waals surface area (Å²) >= 11 is 6.24. The van der Waals surface area contributed by atoms with Crippen molar-refractivity contribution in [1.82, 2.24) is 9.80 Å². The Labute approximate surface area is 193 Å². The lowest BCUT2D eigenvalue weighted by atomic mass is 9.73. The predicted octanol–water partition coefficient (Wildman–Crippen LogP) is 6.55. The van der Waals surface area contributed by atoms with Gasteiger partial charge in [0.2, 0.25) is 0 Å². The van der Waals surface area contributed by atoms with Crippen LogP contribution in [0.5, 0.6) is 0 Å². The molecule has 0 N–H and O–H groups in total. The molecule has 2 aliphatic carbocycles. The normalized spacial score (nSPS) is 23.9. The molecule has 0 unspecified atom stereocenters. The van der Waals surface area contributed by atoms with Crippen LogP contribution in [0.3, 0.4) is 0 Å². The zero-order valence-electron chi connectivity index (χ0n) is 19.0. The van der Waals surface area contributed by atoms with Gasteiger partial charge in [-0.2, -0.15) is 0 Å². The molecule has 0 radical (unpaired) electrons. The third-order valence-electron chi connectivity index (χ3n) is 7.51. The zero-order chi connectivity index (χ0) is 21.7. The molecule has 2 aromatic carbocycles. The fourth-order valence-corrected chi connectivity index (χ4v) is 5.52. The van der Waals surface area contributed by atoms with E-state index in [2.05, 4.69) is 84.1 Å². The number of benzene rings is 2. The van der Waals surface area contributed by atoms with E-state index < -0.39 is 0 Å². The Hall–Kier alpha value is -1.61. The van der Waals surface area contributed by atoms with Crippen molar-refractivity contribution in [3.05, 3.63) is 83.4 Å². The molecular weight excluding hydrogens is 400 g/mol. The topological polar surface area (TPSA) is 6.48 Å². The van der Waals surface area contributed by atoms with E-state index in [9.17, 15) is 0 Å². The van der Waals surface area contributed by atoms with Gasteiger partial charge in [-0.05, 0) is 81.2 Å². The first-order valence-corrected chi connectivity index (χ1v) is 12.3. The number of halogens is 1. The molecule has 2 aliphatic rings. The Kier molecular flexibility index (Phi) is 7.53. The quantitative estimate of drug-likeness (QED) is 0.389. The van der Waals surface area contributed by atoms with E-state index in [4.69, 9.17) is 11.6 Å². The number of rotatable bonds is 10. The van der Waals surface area contributed by atoms with Crippen molar-refractivity contribution in [1.29, 1.82) is 0 Å². The highest BCUT2D eigenvalue weighted by Crippen LogP contribution is 2.45. The summed E-state index contributed by atoms with van der Waals surface area (Å²) in [6.45, 7) is 7.38. The molecule has 0 aliphatic heterocycles. The van der Waals surface area contributed by atoms with Crippen molar-refractivity contribution >= 4 is 11.6 Å². The molecule has 2 saturated carbocycles. The van der Waals surface area contributed by atoms with Gasteiger partial charge in [0.25, 0.3) is 0 Å². The number of hydrogen-bond acceptors (Lipinski definition) is 2. The van der Waals surface area contributed by atoms with Gasteiger partial charge in [-0.25, -0.2) is 0 Å². The van der Waals surface area contributed by atoms with E-state index in [0.717, 1.165) is 30.5 Å². The van der Waals surface area contributed by atoms with Crippen LogP contribution in [0, 0.1) is 5.92 Å². The lowest BCUT2D eigenvalue weighted by Gasteiger charge is -2.50. The second-order valence-electron chi connectivity index (χ2n) is 9.62. The molecule has 3 heteroatoms. The Balaban J connectivity index is 1.47. The van der Waals surface area contributed by atoms with E-state index in [1.54, 1.807) is 0 Å². The molecule has 2 aromatic rings. The van der Waals surface area contributed by atoms with Crippen molar-refractivity contribution in [2.75, 3.05) is 26.7 Å². The second kappa shape index (κ2) is 10.3. The maximum Gasteiger partial charge on any atom is 0.0465 e. The summed E-state index contributed by atoms with van der Waals surface area (Å²) in [4.78, 5) is 5.33. The SMILES string of the molecule is C=CCN(CC1CC1)C1(c2ccc(Cl)cc2)CCC(N(C)CCc2ccccc2)CC1. The molecule has 0 aromatic heterocycles. The summed E-state index contributed by atoms with van der Waals surface area (Å²) in [5.41, 5.74) is 2.98. The summed E-state index contributed by atoms with van der Waals surface area (Å²) in [6.07, 6.45) is 10.9. The van der Waals surface area contributed by atoms with E-state index in [1.807, 2.05) is 0 Å². The van der Waals surface area contributed by atoms with E-state index in [1.165, 1.54) is 56.2 Å². The first kappa shape index (κ1) is 22.6. The number of hydrogen-bond donors (Lipinski definition) is 0. The van der Waals surface area contributed by atoms with E-state index in [-0.39, 0.29) is 5.54 Å². The highest BCUT2D eigenvalue weighted by atomic mass is 35.5. The van der Waals surface area contributed by atoms with Crippen LogP contribution >= 0.6 is 11.6 Å². The average Bonchev–Trinajstić information content (AvgIpc) is 3.63. The molecule has 4 rings (SSSR count). The van der Waals surface area contributed by atoms with Crippen LogP contribution in [0.15, 0.2) is 67.3 Å². The van der Waals surface area contributed by atoms with Crippen LogP contribution in [0.25, 0.3) is 0 Å². The summed E-state index contributed by atoms with van der Waals surface area (Å²) < 4.78 is 0. The van der Waals surface area contributed by atoms with Crippen LogP contribution < -0.4 is 0 Å². The zero-order valence-corrected chi connectivity index (χ0v) is 19.7. The van der Waals surface area contributed by atoms with Crippen molar-refractivity contribution in [3.63, 3.8) is 0 Å². The lowest BCUT2D eigenvalue weighted by Crippen LogP contribution is -2.52. The Morgan fingerprint density at radius 3 is 2.29 bits per heavy atom. The van der Waals surface area contributed by atoms with Gasteiger partial charge in [0, 0.05) is 36.2 Å². The molecule has 0 heterocycles. The number of nitrogens with zero attached hydrogens (tertiary/aromatic N) is 2. The van der Waals surface area contributed by atoms with Gasteiger partial charge in [-0.1, -0.05) is 60.1 Å². The number of likely N-dealkylation sites (N-methyl/N-ethyl adjacent to an activating group) is 1. The van der Waals surface area contributed by atoms with Gasteiger partial charge in [0.15, 0.2) is 0 Å². The van der Waals surface area contributed by atoms with Gasteiger partial charge in [0.05, 0.1) is 0 Å². The maximum atomic E-state index is 6.24. The van der Waals surface area contributed by atoms with Crippen LogP contribution in [0.4, 0.5) is 0 Å². The smallest absolute Gasteiger partial charge is 0.0465 e. The molecular formula is C28H37ClN2. The van der Waals surface area contributed by atoms with Crippen LogP contribution in [0.2, 0.25) is 5.02 Å². The van der Waals surface area contributed by atoms with E-state index >= 15 is 0 Å². The first-order chi connectivity index (χ1) is 15.1. The third-order valence-corrected chi connectivity index (χ3v) is 7.77. The Morgan fingerprint density at radius 2 is 1.68 bits per heavy atom. The molecule has 0 spiro atoms. The van der Waals surface area contributed by atoms with Crippen LogP contribution in [-0.4, -0.2) is 42.5 Å². The molecule has 0 amide bonds. The summed E-state index contributed by atoms with van der Waals surface area (Å²) in [5, 5.41) is 0.825. The first-order valence-electron chi connectivity index (χ1n) is 12.0.